The molecule has 3 rings (SSSR count). The Bertz CT molecular complexity index is 741. The largest absolute Gasteiger partial charge is 0.446 e. The highest BCUT2D eigenvalue weighted by Crippen LogP contribution is 2.28. The summed E-state index contributed by atoms with van der Waals surface area (Å²) < 4.78 is 5.04. The molecule has 5 heteroatoms. The molecule has 2 amide bonds. The van der Waals surface area contributed by atoms with Crippen LogP contribution >= 0.6 is 11.6 Å². The molecule has 1 atom stereocenters. The topological polar surface area (TPSA) is 46.6 Å². The second kappa shape index (κ2) is 6.67. The molecular weight excluding hydrogens is 314 g/mol. The molecule has 1 aliphatic heterocycles. The van der Waals surface area contributed by atoms with Crippen LogP contribution in [0.1, 0.15) is 17.2 Å². The molecule has 2 aromatic carbocycles. The van der Waals surface area contributed by atoms with Crippen LogP contribution in [0.15, 0.2) is 60.7 Å². The predicted octanol–water partition coefficient (Wildman–Crippen LogP) is 4.07. The average molecular weight is 328 g/mol. The van der Waals surface area contributed by atoms with Crippen molar-refractivity contribution in [1.29, 1.82) is 0 Å². The molecule has 23 heavy (non-hydrogen) atoms. The lowest BCUT2D eigenvalue weighted by Gasteiger charge is -2.18. The van der Waals surface area contributed by atoms with Gasteiger partial charge in [0.25, 0.3) is 5.91 Å². The molecule has 1 aliphatic rings. The number of nitrogens with zero attached hydrogens (tertiary/aromatic N) is 1. The summed E-state index contributed by atoms with van der Waals surface area (Å²) in [4.78, 5) is 25.4. The summed E-state index contributed by atoms with van der Waals surface area (Å²) in [6, 6.07) is 16.0. The van der Waals surface area contributed by atoms with Crippen molar-refractivity contribution in [2.75, 3.05) is 6.61 Å². The fourth-order valence-corrected chi connectivity index (χ4v) is 2.53. The molecule has 2 aromatic rings. The lowest BCUT2D eigenvalue weighted by molar-refractivity contribution is -0.124. The van der Waals surface area contributed by atoms with Crippen LogP contribution in [-0.4, -0.2) is 23.5 Å². The Morgan fingerprint density at radius 2 is 1.83 bits per heavy atom. The molecule has 0 aromatic heterocycles. The molecule has 0 aliphatic carbocycles. The number of halogens is 1. The van der Waals surface area contributed by atoms with Crippen molar-refractivity contribution in [3.8, 4) is 0 Å². The van der Waals surface area contributed by atoms with Gasteiger partial charge in [-0.1, -0.05) is 54.1 Å². The average Bonchev–Trinajstić information content (AvgIpc) is 2.96. The first-order chi connectivity index (χ1) is 11.1. The summed E-state index contributed by atoms with van der Waals surface area (Å²) >= 11 is 5.82. The third kappa shape index (κ3) is 3.43. The minimum Gasteiger partial charge on any atom is -0.446 e. The van der Waals surface area contributed by atoms with Gasteiger partial charge < -0.3 is 4.74 Å². The standard InChI is InChI=1S/C18H14ClNO3/c19-15-9-6-13(7-10-15)8-11-17(21)20-16(12-23-18(20)22)14-4-2-1-3-5-14/h1-11,16H,12H2/b11-8+. The number of amides is 2. The van der Waals surface area contributed by atoms with Gasteiger partial charge in [-0.2, -0.15) is 0 Å². The van der Waals surface area contributed by atoms with Crippen LogP contribution in [0.25, 0.3) is 6.08 Å². The van der Waals surface area contributed by atoms with E-state index in [1.807, 2.05) is 30.3 Å². The molecule has 0 spiro atoms. The Morgan fingerprint density at radius 1 is 1.13 bits per heavy atom. The molecule has 0 N–H and O–H groups in total. The number of ether oxygens (including phenoxy) is 1. The van der Waals surface area contributed by atoms with Crippen molar-refractivity contribution in [2.45, 2.75) is 6.04 Å². The highest BCUT2D eigenvalue weighted by Gasteiger charge is 2.37. The maximum atomic E-state index is 12.4. The summed E-state index contributed by atoms with van der Waals surface area (Å²) in [5, 5.41) is 0.626. The van der Waals surface area contributed by atoms with Crippen LogP contribution in [-0.2, 0) is 9.53 Å². The van der Waals surface area contributed by atoms with Gasteiger partial charge in [0.05, 0.1) is 0 Å². The van der Waals surface area contributed by atoms with Crippen LogP contribution in [0.5, 0.6) is 0 Å². The first-order valence-corrected chi connectivity index (χ1v) is 7.51. The van der Waals surface area contributed by atoms with E-state index >= 15 is 0 Å². The molecule has 1 heterocycles. The van der Waals surface area contributed by atoms with E-state index in [1.54, 1.807) is 30.3 Å². The third-order valence-electron chi connectivity index (χ3n) is 3.58. The lowest BCUT2D eigenvalue weighted by atomic mass is 10.1. The maximum absolute atomic E-state index is 12.4. The summed E-state index contributed by atoms with van der Waals surface area (Å²) in [6.07, 6.45) is 2.39. The Hall–Kier alpha value is -2.59. The van der Waals surface area contributed by atoms with Gasteiger partial charge in [0.15, 0.2) is 0 Å². The van der Waals surface area contributed by atoms with Crippen LogP contribution in [0, 0.1) is 0 Å². The predicted molar refractivity (Wildman–Crippen MR) is 87.9 cm³/mol. The van der Waals surface area contributed by atoms with E-state index in [2.05, 4.69) is 0 Å². The zero-order chi connectivity index (χ0) is 16.2. The number of benzene rings is 2. The number of rotatable bonds is 3. The van der Waals surface area contributed by atoms with Gasteiger partial charge in [-0.25, -0.2) is 9.69 Å². The first kappa shape index (κ1) is 15.3. The van der Waals surface area contributed by atoms with Gasteiger partial charge in [-0.05, 0) is 29.3 Å². The molecule has 0 radical (unpaired) electrons. The highest BCUT2D eigenvalue weighted by molar-refractivity contribution is 6.30. The summed E-state index contributed by atoms with van der Waals surface area (Å²) in [6.45, 7) is 0.170. The number of hydrogen-bond donors (Lipinski definition) is 0. The van der Waals surface area contributed by atoms with Gasteiger partial charge in [0.1, 0.15) is 12.6 Å². The van der Waals surface area contributed by atoms with E-state index in [0.29, 0.717) is 5.02 Å². The number of cyclic esters (lactones) is 1. The minimum atomic E-state index is -0.621. The van der Waals surface area contributed by atoms with E-state index in [0.717, 1.165) is 16.0 Å². The molecule has 1 unspecified atom stereocenters. The van der Waals surface area contributed by atoms with Gasteiger partial charge >= 0.3 is 6.09 Å². The third-order valence-corrected chi connectivity index (χ3v) is 3.84. The Balaban J connectivity index is 1.79. The Labute approximate surface area is 138 Å². The van der Waals surface area contributed by atoms with Crippen molar-refractivity contribution in [3.63, 3.8) is 0 Å². The zero-order valence-electron chi connectivity index (χ0n) is 12.2. The molecule has 1 saturated heterocycles. The van der Waals surface area contributed by atoms with Crippen molar-refractivity contribution in [3.05, 3.63) is 76.8 Å². The molecule has 0 saturated carbocycles. The molecule has 0 bridgehead atoms. The molecule has 1 fully saturated rings. The van der Waals surface area contributed by atoms with Crippen LogP contribution in [0.4, 0.5) is 4.79 Å². The highest BCUT2D eigenvalue weighted by atomic mass is 35.5. The monoisotopic (exact) mass is 327 g/mol. The molecular formula is C18H14ClNO3. The smallest absolute Gasteiger partial charge is 0.417 e. The second-order valence-corrected chi connectivity index (χ2v) is 5.53. The van der Waals surface area contributed by atoms with Crippen LogP contribution in [0.3, 0.4) is 0 Å². The van der Waals surface area contributed by atoms with Gasteiger partial charge in [-0.15, -0.1) is 0 Å². The van der Waals surface area contributed by atoms with Gasteiger partial charge in [0.2, 0.25) is 0 Å². The second-order valence-electron chi connectivity index (χ2n) is 5.10. The normalized spacial score (nSPS) is 17.5. The minimum absolute atomic E-state index is 0.170. The quantitative estimate of drug-likeness (QED) is 0.798. The number of hydrogen-bond acceptors (Lipinski definition) is 3. The van der Waals surface area contributed by atoms with E-state index in [4.69, 9.17) is 16.3 Å². The zero-order valence-corrected chi connectivity index (χ0v) is 12.9. The van der Waals surface area contributed by atoms with Gasteiger partial charge in [-0.3, -0.25) is 4.79 Å². The van der Waals surface area contributed by atoms with E-state index < -0.39 is 18.0 Å². The number of imide groups is 1. The van der Waals surface area contributed by atoms with E-state index in [9.17, 15) is 9.59 Å². The molecule has 116 valence electrons. The van der Waals surface area contributed by atoms with E-state index in [-0.39, 0.29) is 6.61 Å². The first-order valence-electron chi connectivity index (χ1n) is 7.14. The molecule has 4 nitrogen and oxygen atoms in total. The summed E-state index contributed by atoms with van der Waals surface area (Å²) in [5.41, 5.74) is 1.69. The maximum Gasteiger partial charge on any atom is 0.417 e. The Kier molecular flexibility index (Phi) is 4.44. The number of carbonyl (C=O) groups excluding carboxylic acids is 2. The fourth-order valence-electron chi connectivity index (χ4n) is 2.41. The Morgan fingerprint density at radius 3 is 2.52 bits per heavy atom. The summed E-state index contributed by atoms with van der Waals surface area (Å²) in [7, 11) is 0. The van der Waals surface area contributed by atoms with Gasteiger partial charge in [0, 0.05) is 11.1 Å². The van der Waals surface area contributed by atoms with Crippen molar-refractivity contribution in [1.82, 2.24) is 4.90 Å². The van der Waals surface area contributed by atoms with Crippen molar-refractivity contribution < 1.29 is 14.3 Å². The van der Waals surface area contributed by atoms with Crippen molar-refractivity contribution in [2.24, 2.45) is 0 Å². The fraction of sp³-hybridized carbons (Fsp3) is 0.111. The van der Waals surface area contributed by atoms with E-state index in [1.165, 1.54) is 6.08 Å². The summed E-state index contributed by atoms with van der Waals surface area (Å²) in [5.74, 6) is -0.406. The van der Waals surface area contributed by atoms with Crippen molar-refractivity contribution >= 4 is 29.7 Å². The SMILES string of the molecule is O=C(/C=C/c1ccc(Cl)cc1)N1C(=O)OCC1c1ccccc1. The van der Waals surface area contributed by atoms with Crippen LogP contribution < -0.4 is 0 Å². The lowest BCUT2D eigenvalue weighted by Crippen LogP contribution is -2.32. The van der Waals surface area contributed by atoms with Crippen LogP contribution in [0.2, 0.25) is 5.02 Å². The number of carbonyl (C=O) groups is 2.